The Hall–Kier alpha value is -2.91. The first-order valence-corrected chi connectivity index (χ1v) is 11.0. The highest BCUT2D eigenvalue weighted by Crippen LogP contribution is 2.60. The van der Waals surface area contributed by atoms with E-state index < -0.39 is 46.0 Å². The van der Waals surface area contributed by atoms with Gasteiger partial charge in [0.1, 0.15) is 5.54 Å². The Labute approximate surface area is 191 Å². The van der Waals surface area contributed by atoms with Crippen molar-refractivity contribution in [3.8, 4) is 0 Å². The number of amides is 3. The van der Waals surface area contributed by atoms with E-state index in [1.807, 2.05) is 4.90 Å². The molecule has 33 heavy (non-hydrogen) atoms. The van der Waals surface area contributed by atoms with Crippen LogP contribution in [0, 0.1) is 11.8 Å². The van der Waals surface area contributed by atoms with E-state index in [1.165, 1.54) is 6.07 Å². The molecule has 3 saturated heterocycles. The van der Waals surface area contributed by atoms with Gasteiger partial charge in [-0.3, -0.25) is 19.3 Å². The Morgan fingerprint density at radius 3 is 2.58 bits per heavy atom. The van der Waals surface area contributed by atoms with E-state index in [1.54, 1.807) is 24.3 Å². The van der Waals surface area contributed by atoms with Crippen LogP contribution in [0.15, 0.2) is 42.5 Å². The summed E-state index contributed by atoms with van der Waals surface area (Å²) in [5.74, 6) is -3.46. The Morgan fingerprint density at radius 2 is 1.82 bits per heavy atom. The Balaban J connectivity index is 1.52. The van der Waals surface area contributed by atoms with Gasteiger partial charge in [-0.1, -0.05) is 29.8 Å². The summed E-state index contributed by atoms with van der Waals surface area (Å²) in [4.78, 5) is 43.6. The van der Waals surface area contributed by atoms with Crippen LogP contribution in [0.3, 0.4) is 0 Å². The van der Waals surface area contributed by atoms with Crippen LogP contribution in [0.25, 0.3) is 0 Å². The second-order valence-electron chi connectivity index (χ2n) is 8.85. The predicted octanol–water partition coefficient (Wildman–Crippen LogP) is 3.79. The molecular weight excluding hydrogens is 459 g/mol. The Morgan fingerprint density at radius 1 is 1.06 bits per heavy atom. The molecule has 2 aromatic rings. The molecule has 6 rings (SSSR count). The average molecular weight is 476 g/mol. The van der Waals surface area contributed by atoms with E-state index in [-0.39, 0.29) is 17.6 Å². The molecule has 4 heterocycles. The molecule has 4 atom stereocenters. The monoisotopic (exact) mass is 475 g/mol. The summed E-state index contributed by atoms with van der Waals surface area (Å²) in [6.07, 6.45) is -3.37. The third-order valence-corrected chi connectivity index (χ3v) is 7.74. The van der Waals surface area contributed by atoms with Crippen molar-refractivity contribution in [1.82, 2.24) is 4.90 Å². The highest BCUT2D eigenvalue weighted by molar-refractivity contribution is 6.32. The summed E-state index contributed by atoms with van der Waals surface area (Å²) in [5, 5.41) is 2.33. The normalized spacial score (nSPS) is 30.7. The van der Waals surface area contributed by atoms with Crippen molar-refractivity contribution in [3.05, 3.63) is 58.6 Å². The molecule has 0 aromatic heterocycles. The summed E-state index contributed by atoms with van der Waals surface area (Å²) < 4.78 is 40.3. The van der Waals surface area contributed by atoms with Crippen molar-refractivity contribution in [2.24, 2.45) is 11.8 Å². The maximum absolute atomic E-state index is 13.8. The predicted molar refractivity (Wildman–Crippen MR) is 112 cm³/mol. The van der Waals surface area contributed by atoms with Gasteiger partial charge in [0.2, 0.25) is 17.7 Å². The molecule has 0 unspecified atom stereocenters. The van der Waals surface area contributed by atoms with Crippen LogP contribution in [0.4, 0.5) is 24.5 Å². The van der Waals surface area contributed by atoms with Gasteiger partial charge in [-0.25, -0.2) is 4.90 Å². The van der Waals surface area contributed by atoms with E-state index in [0.717, 1.165) is 23.5 Å². The standard InChI is InChI=1S/C23H17ClF3N3O3/c24-14-8-7-11(10-13(14)23(25,26)27)30-19(31)17-16-6-3-9-29(16)22(18(17)20(30)32)12-4-1-2-5-15(12)28-21(22)33/h1-2,4-5,7-8,10,16-18H,3,6,9H2,(H,28,33)/t16-,17+,18-,22-/m0/s1. The van der Waals surface area contributed by atoms with Crippen molar-refractivity contribution in [2.75, 3.05) is 16.8 Å². The number of halogens is 4. The molecule has 10 heteroatoms. The molecule has 2 aromatic carbocycles. The zero-order valence-electron chi connectivity index (χ0n) is 17.0. The molecule has 0 bridgehead atoms. The molecule has 4 aliphatic heterocycles. The minimum Gasteiger partial charge on any atom is -0.324 e. The number of nitrogens with one attached hydrogen (secondary N) is 1. The van der Waals surface area contributed by atoms with Crippen LogP contribution in [0.1, 0.15) is 24.0 Å². The molecule has 3 amide bonds. The fraction of sp³-hybridized carbons (Fsp3) is 0.348. The van der Waals surface area contributed by atoms with Crippen molar-refractivity contribution < 1.29 is 27.6 Å². The molecule has 0 radical (unpaired) electrons. The smallest absolute Gasteiger partial charge is 0.324 e. The van der Waals surface area contributed by atoms with Crippen LogP contribution in [0.5, 0.6) is 0 Å². The second kappa shape index (κ2) is 6.57. The van der Waals surface area contributed by atoms with Crippen molar-refractivity contribution in [3.63, 3.8) is 0 Å². The molecule has 3 fully saturated rings. The van der Waals surface area contributed by atoms with Gasteiger partial charge in [0, 0.05) is 17.3 Å². The SMILES string of the molecule is O=C1[C@H]2[C@@H](C(=O)N1c1ccc(Cl)c(C(F)(F)F)c1)[C@@]1(C(=O)Nc3ccccc31)N1CCC[C@@H]21. The van der Waals surface area contributed by atoms with Crippen molar-refractivity contribution in [1.29, 1.82) is 0 Å². The minimum absolute atomic E-state index is 0.192. The quantitative estimate of drug-likeness (QED) is 0.637. The molecule has 1 N–H and O–H groups in total. The topological polar surface area (TPSA) is 69.7 Å². The van der Waals surface area contributed by atoms with E-state index in [9.17, 15) is 27.6 Å². The summed E-state index contributed by atoms with van der Waals surface area (Å²) >= 11 is 5.73. The van der Waals surface area contributed by atoms with E-state index >= 15 is 0 Å². The first kappa shape index (κ1) is 20.7. The van der Waals surface area contributed by atoms with Gasteiger partial charge < -0.3 is 5.32 Å². The fourth-order valence-corrected chi connectivity index (χ4v) is 6.51. The highest BCUT2D eigenvalue weighted by atomic mass is 35.5. The van der Waals surface area contributed by atoms with Crippen molar-refractivity contribution >= 4 is 40.7 Å². The third-order valence-electron chi connectivity index (χ3n) is 7.41. The third kappa shape index (κ3) is 2.46. The minimum atomic E-state index is -4.75. The lowest BCUT2D eigenvalue weighted by molar-refractivity contribution is -0.137. The lowest BCUT2D eigenvalue weighted by atomic mass is 9.75. The van der Waals surface area contributed by atoms with Crippen LogP contribution in [-0.4, -0.2) is 35.2 Å². The largest absolute Gasteiger partial charge is 0.417 e. The van der Waals surface area contributed by atoms with Gasteiger partial charge in [-0.05, 0) is 43.7 Å². The fourth-order valence-electron chi connectivity index (χ4n) is 6.28. The molecule has 0 aliphatic carbocycles. The molecule has 4 aliphatic rings. The van der Waals surface area contributed by atoms with Crippen LogP contribution < -0.4 is 10.2 Å². The molecule has 170 valence electrons. The summed E-state index contributed by atoms with van der Waals surface area (Å²) in [5.41, 5.74) is -1.46. The van der Waals surface area contributed by atoms with Crippen LogP contribution >= 0.6 is 11.6 Å². The number of nitrogens with zero attached hydrogens (tertiary/aromatic N) is 2. The number of para-hydroxylation sites is 1. The number of imide groups is 1. The van der Waals surface area contributed by atoms with Crippen LogP contribution in [0.2, 0.25) is 5.02 Å². The van der Waals surface area contributed by atoms with Gasteiger partial charge >= 0.3 is 6.18 Å². The molecular formula is C23H17ClF3N3O3. The summed E-state index contributed by atoms with van der Waals surface area (Å²) in [6.45, 7) is 0.555. The van der Waals surface area contributed by atoms with E-state index in [0.29, 0.717) is 24.2 Å². The average Bonchev–Trinajstić information content (AvgIpc) is 3.46. The zero-order chi connectivity index (χ0) is 23.3. The second-order valence-corrected chi connectivity index (χ2v) is 9.25. The number of hydrogen-bond donors (Lipinski definition) is 1. The van der Waals surface area contributed by atoms with Gasteiger partial charge in [-0.2, -0.15) is 13.2 Å². The molecule has 0 saturated carbocycles. The Bertz CT molecular complexity index is 1250. The van der Waals surface area contributed by atoms with E-state index in [4.69, 9.17) is 11.6 Å². The summed E-state index contributed by atoms with van der Waals surface area (Å²) in [7, 11) is 0. The number of hydrogen-bond acceptors (Lipinski definition) is 4. The van der Waals surface area contributed by atoms with Gasteiger partial charge in [0.15, 0.2) is 0 Å². The molecule has 1 spiro atoms. The van der Waals surface area contributed by atoms with Gasteiger partial charge in [0.25, 0.3) is 0 Å². The maximum atomic E-state index is 13.8. The first-order valence-electron chi connectivity index (χ1n) is 10.6. The number of anilines is 2. The number of fused-ring (bicyclic) bond motifs is 7. The zero-order valence-corrected chi connectivity index (χ0v) is 17.8. The Kier molecular flexibility index (Phi) is 4.12. The van der Waals surface area contributed by atoms with Crippen molar-refractivity contribution in [2.45, 2.75) is 30.6 Å². The first-order chi connectivity index (χ1) is 15.7. The highest BCUT2D eigenvalue weighted by Gasteiger charge is 2.74. The number of alkyl halides is 3. The lowest BCUT2D eigenvalue weighted by Crippen LogP contribution is -2.54. The lowest BCUT2D eigenvalue weighted by Gasteiger charge is -2.36. The van der Waals surface area contributed by atoms with E-state index in [2.05, 4.69) is 5.32 Å². The maximum Gasteiger partial charge on any atom is 0.417 e. The summed E-state index contributed by atoms with van der Waals surface area (Å²) in [6, 6.07) is 9.70. The molecule has 6 nitrogen and oxygen atoms in total. The number of rotatable bonds is 1. The number of benzene rings is 2. The van der Waals surface area contributed by atoms with Gasteiger partial charge in [0.05, 0.1) is 28.1 Å². The number of carbonyl (C=O) groups excluding carboxylic acids is 3. The van der Waals surface area contributed by atoms with Crippen LogP contribution in [-0.2, 0) is 26.1 Å². The number of carbonyl (C=O) groups is 3. The van der Waals surface area contributed by atoms with Gasteiger partial charge in [-0.15, -0.1) is 0 Å².